The summed E-state index contributed by atoms with van der Waals surface area (Å²) >= 11 is 3.60. The highest BCUT2D eigenvalue weighted by atomic mass is 79.9. The molecule has 0 aliphatic carbocycles. The van der Waals surface area contributed by atoms with Gasteiger partial charge >= 0.3 is 0 Å². The lowest BCUT2D eigenvalue weighted by Gasteiger charge is -2.02. The van der Waals surface area contributed by atoms with Crippen molar-refractivity contribution in [2.24, 2.45) is 4.99 Å². The van der Waals surface area contributed by atoms with E-state index in [2.05, 4.69) is 70.3 Å². The van der Waals surface area contributed by atoms with Crippen LogP contribution in [0.5, 0.6) is 0 Å². The molecule has 0 fully saturated rings. The molecule has 0 radical (unpaired) electrons. The van der Waals surface area contributed by atoms with Crippen LogP contribution in [0.3, 0.4) is 0 Å². The van der Waals surface area contributed by atoms with Crippen molar-refractivity contribution in [2.45, 2.75) is 6.92 Å². The van der Waals surface area contributed by atoms with Crippen molar-refractivity contribution in [3.05, 3.63) is 88.6 Å². The van der Waals surface area contributed by atoms with Crippen molar-refractivity contribution < 1.29 is 4.42 Å². The monoisotopic (exact) mass is 389 g/mol. The lowest BCUT2D eigenvalue weighted by Crippen LogP contribution is -1.79. The minimum Gasteiger partial charge on any atom is -0.455 e. The summed E-state index contributed by atoms with van der Waals surface area (Å²) in [6, 6.07) is 24.6. The van der Waals surface area contributed by atoms with E-state index >= 15 is 0 Å². The number of rotatable bonds is 3. The number of hydrogen-bond donors (Lipinski definition) is 0. The maximum absolute atomic E-state index is 5.92. The molecule has 0 aliphatic rings. The Bertz CT molecular complexity index is 1080. The van der Waals surface area contributed by atoms with Crippen LogP contribution in [0, 0.1) is 6.92 Å². The average molecular weight is 390 g/mol. The normalized spacial score (nSPS) is 11.4. The van der Waals surface area contributed by atoms with Crippen molar-refractivity contribution in [3.8, 4) is 11.3 Å². The van der Waals surface area contributed by atoms with Crippen LogP contribution in [-0.2, 0) is 0 Å². The van der Waals surface area contributed by atoms with Crippen LogP contribution in [0.4, 0.5) is 5.69 Å². The van der Waals surface area contributed by atoms with Crippen LogP contribution in [0.15, 0.2) is 86.7 Å². The van der Waals surface area contributed by atoms with Crippen LogP contribution >= 0.6 is 15.9 Å². The molecule has 3 aromatic carbocycles. The summed E-state index contributed by atoms with van der Waals surface area (Å²) in [6.07, 6.45) is 1.76. The molecule has 0 bridgehead atoms. The van der Waals surface area contributed by atoms with E-state index in [0.29, 0.717) is 0 Å². The lowest BCUT2D eigenvalue weighted by atomic mass is 10.1. The molecule has 0 aliphatic heterocycles. The predicted molar refractivity (Wildman–Crippen MR) is 108 cm³/mol. The summed E-state index contributed by atoms with van der Waals surface area (Å²) in [7, 11) is 0. The number of nitrogens with zero attached hydrogens (tertiary/aromatic N) is 1. The van der Waals surface area contributed by atoms with E-state index in [1.165, 1.54) is 16.3 Å². The van der Waals surface area contributed by atoms with E-state index in [-0.39, 0.29) is 0 Å². The molecule has 0 atom stereocenters. The molecule has 122 valence electrons. The molecule has 0 N–H and O–H groups in total. The summed E-state index contributed by atoms with van der Waals surface area (Å²) in [5.74, 6) is 1.56. The maximum Gasteiger partial charge on any atom is 0.145 e. The van der Waals surface area contributed by atoms with E-state index in [9.17, 15) is 0 Å². The van der Waals surface area contributed by atoms with Gasteiger partial charge in [-0.15, -0.1) is 0 Å². The summed E-state index contributed by atoms with van der Waals surface area (Å²) < 4.78 is 6.95. The Balaban J connectivity index is 1.60. The molecule has 0 saturated carbocycles. The summed E-state index contributed by atoms with van der Waals surface area (Å²) in [5, 5.41) is 2.40. The minimum atomic E-state index is 0.732. The van der Waals surface area contributed by atoms with Gasteiger partial charge < -0.3 is 4.42 Å². The standard InChI is InChI=1S/C22H16BrNO/c1-15-6-10-20(21(23)12-15)22-11-9-19(25-22)14-24-18-8-7-16-4-2-3-5-17(16)13-18/h2-14H,1H3. The third kappa shape index (κ3) is 3.42. The molecule has 2 nitrogen and oxygen atoms in total. The van der Waals surface area contributed by atoms with Crippen molar-refractivity contribution >= 4 is 38.6 Å². The molecule has 25 heavy (non-hydrogen) atoms. The van der Waals surface area contributed by atoms with E-state index < -0.39 is 0 Å². The smallest absolute Gasteiger partial charge is 0.145 e. The van der Waals surface area contributed by atoms with Gasteiger partial charge in [-0.2, -0.15) is 0 Å². The Kier molecular flexibility index (Phi) is 4.24. The van der Waals surface area contributed by atoms with Crippen LogP contribution in [0.2, 0.25) is 0 Å². The lowest BCUT2D eigenvalue weighted by molar-refractivity contribution is 0.575. The third-order valence-corrected chi connectivity index (χ3v) is 4.75. The Labute approximate surface area is 155 Å². The second-order valence-corrected chi connectivity index (χ2v) is 6.83. The minimum absolute atomic E-state index is 0.732. The Morgan fingerprint density at radius 3 is 2.56 bits per heavy atom. The third-order valence-electron chi connectivity index (χ3n) is 4.09. The first-order chi connectivity index (χ1) is 12.2. The first kappa shape index (κ1) is 15.9. The quantitative estimate of drug-likeness (QED) is 0.349. The molecular formula is C22H16BrNO. The molecule has 0 saturated heterocycles. The molecule has 0 spiro atoms. The highest BCUT2D eigenvalue weighted by Crippen LogP contribution is 2.30. The number of aliphatic imine (C=N–C) groups is 1. The number of fused-ring (bicyclic) bond motifs is 1. The van der Waals surface area contributed by atoms with Crippen molar-refractivity contribution in [3.63, 3.8) is 0 Å². The summed E-state index contributed by atoms with van der Waals surface area (Å²) in [4.78, 5) is 4.54. The van der Waals surface area contributed by atoms with Crippen LogP contribution in [0.1, 0.15) is 11.3 Å². The zero-order chi connectivity index (χ0) is 17.2. The van der Waals surface area contributed by atoms with Gasteiger partial charge in [0.15, 0.2) is 0 Å². The van der Waals surface area contributed by atoms with Gasteiger partial charge in [0.1, 0.15) is 11.5 Å². The van der Waals surface area contributed by atoms with E-state index in [4.69, 9.17) is 4.42 Å². The largest absolute Gasteiger partial charge is 0.455 e. The summed E-state index contributed by atoms with van der Waals surface area (Å²) in [5.41, 5.74) is 3.16. The molecular weight excluding hydrogens is 374 g/mol. The fourth-order valence-electron chi connectivity index (χ4n) is 2.78. The zero-order valence-electron chi connectivity index (χ0n) is 13.7. The second kappa shape index (κ2) is 6.69. The first-order valence-electron chi connectivity index (χ1n) is 8.08. The zero-order valence-corrected chi connectivity index (χ0v) is 15.3. The van der Waals surface area contributed by atoms with E-state index in [0.717, 1.165) is 27.2 Å². The molecule has 4 rings (SSSR count). The fraction of sp³-hybridized carbons (Fsp3) is 0.0455. The van der Waals surface area contributed by atoms with Gasteiger partial charge in [0.2, 0.25) is 0 Å². The molecule has 1 heterocycles. The second-order valence-electron chi connectivity index (χ2n) is 5.97. The van der Waals surface area contributed by atoms with Gasteiger partial charge in [-0.25, -0.2) is 0 Å². The fourth-order valence-corrected chi connectivity index (χ4v) is 3.47. The van der Waals surface area contributed by atoms with Gasteiger partial charge in [0, 0.05) is 10.0 Å². The van der Waals surface area contributed by atoms with Crippen molar-refractivity contribution in [2.75, 3.05) is 0 Å². The number of hydrogen-bond acceptors (Lipinski definition) is 2. The highest BCUT2D eigenvalue weighted by molar-refractivity contribution is 9.10. The Hall–Kier alpha value is -2.65. The Morgan fingerprint density at radius 2 is 1.72 bits per heavy atom. The van der Waals surface area contributed by atoms with E-state index in [1.807, 2.05) is 30.3 Å². The maximum atomic E-state index is 5.92. The first-order valence-corrected chi connectivity index (χ1v) is 8.87. The van der Waals surface area contributed by atoms with Gasteiger partial charge in [-0.1, -0.05) is 52.3 Å². The van der Waals surface area contributed by atoms with Gasteiger partial charge in [-0.05, 0) is 59.7 Å². The summed E-state index contributed by atoms with van der Waals surface area (Å²) in [6.45, 7) is 2.07. The van der Waals surface area contributed by atoms with Gasteiger partial charge in [-0.3, -0.25) is 4.99 Å². The van der Waals surface area contributed by atoms with Gasteiger partial charge in [0.25, 0.3) is 0 Å². The number of furan rings is 1. The van der Waals surface area contributed by atoms with Crippen LogP contribution < -0.4 is 0 Å². The van der Waals surface area contributed by atoms with Crippen molar-refractivity contribution in [1.82, 2.24) is 0 Å². The molecule has 4 aromatic rings. The number of aryl methyl sites for hydroxylation is 1. The molecule has 3 heteroatoms. The molecule has 0 amide bonds. The SMILES string of the molecule is Cc1ccc(-c2ccc(C=Nc3ccc4ccccc4c3)o2)c(Br)c1. The number of halogens is 1. The molecule has 1 aromatic heterocycles. The van der Waals surface area contributed by atoms with Crippen LogP contribution in [0.25, 0.3) is 22.1 Å². The number of benzene rings is 3. The topological polar surface area (TPSA) is 25.5 Å². The van der Waals surface area contributed by atoms with Crippen molar-refractivity contribution in [1.29, 1.82) is 0 Å². The van der Waals surface area contributed by atoms with E-state index in [1.54, 1.807) is 6.21 Å². The van der Waals surface area contributed by atoms with Crippen LogP contribution in [-0.4, -0.2) is 6.21 Å². The Morgan fingerprint density at radius 1 is 0.880 bits per heavy atom. The predicted octanol–water partition coefficient (Wildman–Crippen LogP) is 6.92. The average Bonchev–Trinajstić information content (AvgIpc) is 3.08. The highest BCUT2D eigenvalue weighted by Gasteiger charge is 2.07. The molecule has 0 unspecified atom stereocenters. The van der Waals surface area contributed by atoms with Gasteiger partial charge in [0.05, 0.1) is 11.9 Å².